The van der Waals surface area contributed by atoms with Gasteiger partial charge in [-0.2, -0.15) is 0 Å². The fourth-order valence-electron chi connectivity index (χ4n) is 3.36. The lowest BCUT2D eigenvalue weighted by Crippen LogP contribution is -2.38. The number of aromatic amines is 1. The average Bonchev–Trinajstić information content (AvgIpc) is 2.98. The van der Waals surface area contributed by atoms with Crippen LogP contribution in [-0.4, -0.2) is 33.0 Å². The lowest BCUT2D eigenvalue weighted by Gasteiger charge is -2.26. The average molecular weight is 329 g/mol. The molecular weight excluding hydrogens is 306 g/mol. The Hall–Kier alpha value is -2.37. The Morgan fingerprint density at radius 3 is 2.71 bits per heavy atom. The first-order valence-electron chi connectivity index (χ1n) is 8.49. The number of amides is 1. The van der Waals surface area contributed by atoms with Gasteiger partial charge in [0.15, 0.2) is 0 Å². The SMILES string of the molecule is Cc1cccc2[nH]c(CCC(=O)NC3CCC(C(=O)O)CC3)nc12. The maximum atomic E-state index is 12.1. The predicted octanol–water partition coefficient (Wildman–Crippen LogP) is 2.56. The van der Waals surface area contributed by atoms with Gasteiger partial charge in [0.2, 0.25) is 5.91 Å². The molecule has 0 aliphatic heterocycles. The van der Waals surface area contributed by atoms with E-state index in [4.69, 9.17) is 5.11 Å². The van der Waals surface area contributed by atoms with E-state index in [-0.39, 0.29) is 17.9 Å². The number of imidazole rings is 1. The van der Waals surface area contributed by atoms with Crippen molar-refractivity contribution < 1.29 is 14.7 Å². The number of hydrogen-bond donors (Lipinski definition) is 3. The summed E-state index contributed by atoms with van der Waals surface area (Å²) < 4.78 is 0. The first-order chi connectivity index (χ1) is 11.5. The largest absolute Gasteiger partial charge is 0.481 e. The first-order valence-corrected chi connectivity index (χ1v) is 8.49. The Labute approximate surface area is 140 Å². The van der Waals surface area contributed by atoms with Gasteiger partial charge in [0.25, 0.3) is 0 Å². The number of nitrogens with one attached hydrogen (secondary N) is 2. The molecule has 6 heteroatoms. The summed E-state index contributed by atoms with van der Waals surface area (Å²) in [5.41, 5.74) is 3.08. The van der Waals surface area contributed by atoms with Gasteiger partial charge in [-0.05, 0) is 44.2 Å². The summed E-state index contributed by atoms with van der Waals surface area (Å²) in [5.74, 6) is -0.146. The molecule has 0 radical (unpaired) electrons. The van der Waals surface area contributed by atoms with E-state index in [1.54, 1.807) is 0 Å². The minimum absolute atomic E-state index is 0.00551. The Balaban J connectivity index is 1.49. The number of nitrogens with zero attached hydrogens (tertiary/aromatic N) is 1. The van der Waals surface area contributed by atoms with Crippen molar-refractivity contribution in [3.63, 3.8) is 0 Å². The molecule has 3 N–H and O–H groups in total. The van der Waals surface area contributed by atoms with Crippen LogP contribution in [0.5, 0.6) is 0 Å². The number of carboxylic acids is 1. The summed E-state index contributed by atoms with van der Waals surface area (Å²) in [5, 5.41) is 12.0. The van der Waals surface area contributed by atoms with Gasteiger partial charge in [-0.3, -0.25) is 9.59 Å². The molecule has 0 saturated heterocycles. The molecule has 24 heavy (non-hydrogen) atoms. The monoisotopic (exact) mass is 329 g/mol. The highest BCUT2D eigenvalue weighted by Crippen LogP contribution is 2.24. The van der Waals surface area contributed by atoms with E-state index < -0.39 is 5.97 Å². The van der Waals surface area contributed by atoms with Gasteiger partial charge in [-0.25, -0.2) is 4.98 Å². The molecule has 1 amide bonds. The molecular formula is C18H23N3O3. The molecule has 1 aromatic carbocycles. The highest BCUT2D eigenvalue weighted by molar-refractivity contribution is 5.79. The molecule has 0 unspecified atom stereocenters. The van der Waals surface area contributed by atoms with Gasteiger partial charge in [0.1, 0.15) is 5.82 Å². The van der Waals surface area contributed by atoms with E-state index in [1.165, 1.54) is 0 Å². The number of para-hydroxylation sites is 1. The van der Waals surface area contributed by atoms with Gasteiger partial charge in [-0.1, -0.05) is 12.1 Å². The topological polar surface area (TPSA) is 95.1 Å². The summed E-state index contributed by atoms with van der Waals surface area (Å²) in [6.07, 6.45) is 3.73. The smallest absolute Gasteiger partial charge is 0.306 e. The van der Waals surface area contributed by atoms with E-state index in [0.717, 1.165) is 35.3 Å². The highest BCUT2D eigenvalue weighted by Gasteiger charge is 2.26. The van der Waals surface area contributed by atoms with Crippen LogP contribution < -0.4 is 5.32 Å². The Bertz CT molecular complexity index is 745. The molecule has 1 fully saturated rings. The van der Waals surface area contributed by atoms with Crippen LogP contribution in [0.3, 0.4) is 0 Å². The fraction of sp³-hybridized carbons (Fsp3) is 0.500. The normalized spacial score (nSPS) is 20.9. The Morgan fingerprint density at radius 1 is 1.29 bits per heavy atom. The number of carbonyl (C=O) groups is 2. The molecule has 1 aromatic heterocycles. The highest BCUT2D eigenvalue weighted by atomic mass is 16.4. The van der Waals surface area contributed by atoms with Crippen LogP contribution >= 0.6 is 0 Å². The third kappa shape index (κ3) is 3.75. The van der Waals surface area contributed by atoms with Crippen molar-refractivity contribution in [1.29, 1.82) is 0 Å². The third-order valence-electron chi connectivity index (χ3n) is 4.79. The molecule has 1 heterocycles. The quantitative estimate of drug-likeness (QED) is 0.785. The zero-order valence-electron chi connectivity index (χ0n) is 13.8. The molecule has 0 atom stereocenters. The maximum Gasteiger partial charge on any atom is 0.306 e. The van der Waals surface area contributed by atoms with Crippen LogP contribution in [0.2, 0.25) is 0 Å². The molecule has 2 aromatic rings. The minimum Gasteiger partial charge on any atom is -0.481 e. The standard InChI is InChI=1S/C18H23N3O3/c1-11-3-2-4-14-17(11)21-15(20-14)9-10-16(22)19-13-7-5-12(6-8-13)18(23)24/h2-4,12-13H,5-10H2,1H3,(H,19,22)(H,20,21)(H,23,24). The van der Waals surface area contributed by atoms with Crippen LogP contribution in [-0.2, 0) is 16.0 Å². The van der Waals surface area contributed by atoms with Crippen molar-refractivity contribution in [2.75, 3.05) is 0 Å². The van der Waals surface area contributed by atoms with Crippen LogP contribution in [0.25, 0.3) is 11.0 Å². The molecule has 128 valence electrons. The third-order valence-corrected chi connectivity index (χ3v) is 4.79. The Morgan fingerprint density at radius 2 is 2.04 bits per heavy atom. The number of aliphatic carboxylic acids is 1. The van der Waals surface area contributed by atoms with Crippen LogP contribution in [0.1, 0.15) is 43.5 Å². The molecule has 6 nitrogen and oxygen atoms in total. The van der Waals surface area contributed by atoms with Crippen molar-refractivity contribution >= 4 is 22.9 Å². The summed E-state index contributed by atoms with van der Waals surface area (Å²) in [4.78, 5) is 30.9. The fourth-order valence-corrected chi connectivity index (χ4v) is 3.36. The van der Waals surface area contributed by atoms with Crippen molar-refractivity contribution in [3.05, 3.63) is 29.6 Å². The number of rotatable bonds is 5. The second-order valence-electron chi connectivity index (χ2n) is 6.61. The second kappa shape index (κ2) is 7.03. The lowest BCUT2D eigenvalue weighted by molar-refractivity contribution is -0.142. The van der Waals surface area contributed by atoms with E-state index in [1.807, 2.05) is 25.1 Å². The van der Waals surface area contributed by atoms with Crippen molar-refractivity contribution in [1.82, 2.24) is 15.3 Å². The number of benzene rings is 1. The maximum absolute atomic E-state index is 12.1. The minimum atomic E-state index is -0.722. The van der Waals surface area contributed by atoms with E-state index in [2.05, 4.69) is 15.3 Å². The zero-order valence-corrected chi connectivity index (χ0v) is 13.8. The van der Waals surface area contributed by atoms with Gasteiger partial charge >= 0.3 is 5.97 Å². The van der Waals surface area contributed by atoms with E-state index in [9.17, 15) is 9.59 Å². The number of carboxylic acid groups (broad SMARTS) is 1. The van der Waals surface area contributed by atoms with E-state index >= 15 is 0 Å². The summed E-state index contributed by atoms with van der Waals surface area (Å²) >= 11 is 0. The summed E-state index contributed by atoms with van der Waals surface area (Å²) in [6, 6.07) is 6.10. The molecule has 1 aliphatic carbocycles. The molecule has 0 spiro atoms. The molecule has 3 rings (SSSR count). The molecule has 0 bridgehead atoms. The van der Waals surface area contributed by atoms with Crippen LogP contribution in [0.4, 0.5) is 0 Å². The second-order valence-corrected chi connectivity index (χ2v) is 6.61. The van der Waals surface area contributed by atoms with Crippen molar-refractivity contribution in [3.8, 4) is 0 Å². The zero-order chi connectivity index (χ0) is 17.1. The van der Waals surface area contributed by atoms with Crippen molar-refractivity contribution in [2.24, 2.45) is 5.92 Å². The number of aryl methyl sites for hydroxylation is 2. The lowest BCUT2D eigenvalue weighted by atomic mass is 9.86. The van der Waals surface area contributed by atoms with Crippen molar-refractivity contribution in [2.45, 2.75) is 51.5 Å². The van der Waals surface area contributed by atoms with Crippen LogP contribution in [0.15, 0.2) is 18.2 Å². The number of carbonyl (C=O) groups excluding carboxylic acids is 1. The molecule has 1 saturated carbocycles. The predicted molar refractivity (Wildman–Crippen MR) is 90.7 cm³/mol. The Kier molecular flexibility index (Phi) is 4.83. The van der Waals surface area contributed by atoms with Crippen LogP contribution in [0, 0.1) is 12.8 Å². The molecule has 1 aliphatic rings. The van der Waals surface area contributed by atoms with Gasteiger partial charge in [-0.15, -0.1) is 0 Å². The van der Waals surface area contributed by atoms with Gasteiger partial charge < -0.3 is 15.4 Å². The van der Waals surface area contributed by atoms with E-state index in [0.29, 0.717) is 25.7 Å². The number of aromatic nitrogens is 2. The summed E-state index contributed by atoms with van der Waals surface area (Å²) in [6.45, 7) is 2.02. The number of hydrogen-bond acceptors (Lipinski definition) is 3. The van der Waals surface area contributed by atoms with Gasteiger partial charge in [0, 0.05) is 18.9 Å². The van der Waals surface area contributed by atoms with Gasteiger partial charge in [0.05, 0.1) is 17.0 Å². The number of fused-ring (bicyclic) bond motifs is 1. The number of H-pyrrole nitrogens is 1. The first kappa shape index (κ1) is 16.5. The summed E-state index contributed by atoms with van der Waals surface area (Å²) in [7, 11) is 0.